The van der Waals surface area contributed by atoms with E-state index in [2.05, 4.69) is 21.4 Å². The minimum atomic E-state index is -0.310. The van der Waals surface area contributed by atoms with Gasteiger partial charge in [-0.05, 0) is 36.2 Å². The number of benzene rings is 2. The van der Waals surface area contributed by atoms with E-state index in [0.717, 1.165) is 33.1 Å². The van der Waals surface area contributed by atoms with E-state index in [1.54, 1.807) is 18.3 Å². The molecule has 0 spiro atoms. The Hall–Kier alpha value is -3.21. The second kappa shape index (κ2) is 6.59. The van der Waals surface area contributed by atoms with E-state index in [1.165, 1.54) is 19.1 Å². The molecule has 4 rings (SSSR count). The Morgan fingerprint density at radius 2 is 1.88 bits per heavy atom. The number of H-pyrrole nitrogens is 1. The fourth-order valence-electron chi connectivity index (χ4n) is 3.38. The average molecular weight is 347 g/mol. The monoisotopic (exact) mass is 347 g/mol. The zero-order valence-corrected chi connectivity index (χ0v) is 14.3. The molecule has 0 saturated carbocycles. The van der Waals surface area contributed by atoms with Gasteiger partial charge in [-0.25, -0.2) is 4.39 Å². The number of hydrogen-bond donors (Lipinski definition) is 2. The van der Waals surface area contributed by atoms with Gasteiger partial charge in [-0.3, -0.25) is 9.78 Å². The Balaban J connectivity index is 1.82. The Bertz CT molecular complexity index is 1090. The van der Waals surface area contributed by atoms with Crippen molar-refractivity contribution in [1.82, 2.24) is 15.3 Å². The van der Waals surface area contributed by atoms with Crippen LogP contribution < -0.4 is 5.32 Å². The van der Waals surface area contributed by atoms with Crippen LogP contribution in [0.15, 0.2) is 60.8 Å². The Morgan fingerprint density at radius 1 is 1.12 bits per heavy atom. The maximum absolute atomic E-state index is 13.2. The first-order valence-electron chi connectivity index (χ1n) is 8.48. The van der Waals surface area contributed by atoms with E-state index in [1.807, 2.05) is 24.3 Å². The van der Waals surface area contributed by atoms with Gasteiger partial charge in [-0.2, -0.15) is 0 Å². The van der Waals surface area contributed by atoms with E-state index in [0.29, 0.717) is 6.42 Å². The van der Waals surface area contributed by atoms with E-state index in [-0.39, 0.29) is 17.8 Å². The lowest BCUT2D eigenvalue weighted by molar-refractivity contribution is -0.119. The van der Waals surface area contributed by atoms with Gasteiger partial charge in [-0.1, -0.05) is 30.3 Å². The Kier molecular flexibility index (Phi) is 4.13. The molecule has 1 amide bonds. The van der Waals surface area contributed by atoms with Gasteiger partial charge in [0.15, 0.2) is 0 Å². The molecule has 0 aliphatic carbocycles. The first kappa shape index (κ1) is 16.3. The van der Waals surface area contributed by atoms with E-state index < -0.39 is 0 Å². The van der Waals surface area contributed by atoms with Crippen LogP contribution in [0.4, 0.5) is 4.39 Å². The van der Waals surface area contributed by atoms with E-state index >= 15 is 0 Å². The van der Waals surface area contributed by atoms with E-state index in [4.69, 9.17) is 0 Å². The molecule has 4 aromatic rings. The first-order chi connectivity index (χ1) is 12.6. The number of rotatable bonds is 4. The molecule has 0 aliphatic heterocycles. The Labute approximate surface area is 150 Å². The summed E-state index contributed by atoms with van der Waals surface area (Å²) < 4.78 is 13.2. The van der Waals surface area contributed by atoms with E-state index in [9.17, 15) is 9.18 Å². The highest BCUT2D eigenvalue weighted by Gasteiger charge is 2.20. The van der Waals surface area contributed by atoms with Crippen molar-refractivity contribution in [2.45, 2.75) is 19.4 Å². The van der Waals surface area contributed by atoms with Crippen LogP contribution in [0.1, 0.15) is 24.2 Å². The molecule has 26 heavy (non-hydrogen) atoms. The molecular weight excluding hydrogens is 329 g/mol. The zero-order valence-electron chi connectivity index (χ0n) is 14.3. The molecule has 0 bridgehead atoms. The molecule has 130 valence electrons. The predicted octanol–water partition coefficient (Wildman–Crippen LogP) is 4.28. The van der Waals surface area contributed by atoms with Gasteiger partial charge < -0.3 is 10.3 Å². The quantitative estimate of drug-likeness (QED) is 0.579. The predicted molar refractivity (Wildman–Crippen MR) is 100 cm³/mol. The average Bonchev–Trinajstić information content (AvgIpc) is 3.01. The van der Waals surface area contributed by atoms with Crippen LogP contribution in [-0.2, 0) is 11.2 Å². The third-order valence-corrected chi connectivity index (χ3v) is 4.52. The molecule has 0 aliphatic rings. The third kappa shape index (κ3) is 3.04. The highest BCUT2D eigenvalue weighted by Crippen LogP contribution is 2.30. The number of amides is 1. The lowest BCUT2D eigenvalue weighted by Gasteiger charge is -2.18. The lowest BCUT2D eigenvalue weighted by Crippen LogP contribution is -2.28. The van der Waals surface area contributed by atoms with Crippen LogP contribution in [0.25, 0.3) is 21.8 Å². The summed E-state index contributed by atoms with van der Waals surface area (Å²) in [4.78, 5) is 19.7. The number of fused-ring (bicyclic) bond motifs is 3. The van der Waals surface area contributed by atoms with Crippen LogP contribution >= 0.6 is 0 Å². The van der Waals surface area contributed by atoms with Crippen molar-refractivity contribution in [3.8, 4) is 0 Å². The largest absolute Gasteiger partial charge is 0.353 e. The minimum Gasteiger partial charge on any atom is -0.353 e. The standard InChI is InChI=1S/C21H18FN3O/c1-13(26)24-19(12-14-6-8-15(22)9-7-14)21-20-17(10-11-23-21)16-4-2-3-5-18(16)25-20/h2-11,19,25H,12H2,1H3,(H,24,26)/t19-/m1/s1. The summed E-state index contributed by atoms with van der Waals surface area (Å²) in [5.41, 5.74) is 3.65. The molecule has 1 atom stereocenters. The SMILES string of the molecule is CC(=O)N[C@H](Cc1ccc(F)cc1)c1nccc2c1[nH]c1ccccc12. The molecule has 4 nitrogen and oxygen atoms in total. The summed E-state index contributed by atoms with van der Waals surface area (Å²) in [7, 11) is 0. The van der Waals surface area contributed by atoms with Gasteiger partial charge in [0.1, 0.15) is 5.82 Å². The molecule has 5 heteroatoms. The number of para-hydroxylation sites is 1. The molecule has 0 saturated heterocycles. The van der Waals surface area contributed by atoms with Crippen molar-refractivity contribution in [2.24, 2.45) is 0 Å². The number of aromatic amines is 1. The highest BCUT2D eigenvalue weighted by molar-refractivity contribution is 6.07. The molecule has 0 unspecified atom stereocenters. The van der Waals surface area contributed by atoms with Crippen LogP contribution in [0, 0.1) is 5.82 Å². The summed E-state index contributed by atoms with van der Waals surface area (Å²) >= 11 is 0. The van der Waals surface area contributed by atoms with Crippen molar-refractivity contribution in [3.63, 3.8) is 0 Å². The van der Waals surface area contributed by atoms with Crippen molar-refractivity contribution in [2.75, 3.05) is 0 Å². The van der Waals surface area contributed by atoms with Crippen LogP contribution in [0.5, 0.6) is 0 Å². The van der Waals surface area contributed by atoms with Crippen LogP contribution in [0.3, 0.4) is 0 Å². The maximum Gasteiger partial charge on any atom is 0.217 e. The van der Waals surface area contributed by atoms with Gasteiger partial charge in [0, 0.05) is 29.4 Å². The maximum atomic E-state index is 13.2. The van der Waals surface area contributed by atoms with Crippen molar-refractivity contribution in [3.05, 3.63) is 77.9 Å². The fourth-order valence-corrected chi connectivity index (χ4v) is 3.38. The number of carbonyl (C=O) groups is 1. The number of nitrogens with zero attached hydrogens (tertiary/aromatic N) is 1. The van der Waals surface area contributed by atoms with Crippen LogP contribution in [0.2, 0.25) is 0 Å². The van der Waals surface area contributed by atoms with Crippen LogP contribution in [-0.4, -0.2) is 15.9 Å². The van der Waals surface area contributed by atoms with Gasteiger partial charge >= 0.3 is 0 Å². The smallest absolute Gasteiger partial charge is 0.217 e. The molecule has 0 radical (unpaired) electrons. The second-order valence-corrected chi connectivity index (χ2v) is 6.37. The minimum absolute atomic E-state index is 0.132. The van der Waals surface area contributed by atoms with Gasteiger partial charge in [0.05, 0.1) is 17.3 Å². The fraction of sp³-hybridized carbons (Fsp3) is 0.143. The van der Waals surface area contributed by atoms with Crippen molar-refractivity contribution < 1.29 is 9.18 Å². The topological polar surface area (TPSA) is 57.8 Å². The summed E-state index contributed by atoms with van der Waals surface area (Å²) in [5, 5.41) is 5.17. The normalized spacial score (nSPS) is 12.4. The number of halogens is 1. The zero-order chi connectivity index (χ0) is 18.1. The molecule has 2 N–H and O–H groups in total. The Morgan fingerprint density at radius 3 is 2.65 bits per heavy atom. The molecular formula is C21H18FN3O. The lowest BCUT2D eigenvalue weighted by atomic mass is 10.0. The summed E-state index contributed by atoms with van der Waals surface area (Å²) in [5.74, 6) is -0.410. The molecule has 2 aromatic carbocycles. The number of pyridine rings is 1. The summed E-state index contributed by atoms with van der Waals surface area (Å²) in [6, 6.07) is 16.0. The number of carbonyl (C=O) groups excluding carboxylic acids is 1. The highest BCUT2D eigenvalue weighted by atomic mass is 19.1. The number of nitrogens with one attached hydrogen (secondary N) is 2. The summed E-state index contributed by atoms with van der Waals surface area (Å²) in [6.07, 6.45) is 2.29. The summed E-state index contributed by atoms with van der Waals surface area (Å²) in [6.45, 7) is 1.49. The van der Waals surface area contributed by atoms with Gasteiger partial charge in [0.2, 0.25) is 5.91 Å². The third-order valence-electron chi connectivity index (χ3n) is 4.52. The first-order valence-corrected chi connectivity index (χ1v) is 8.48. The van der Waals surface area contributed by atoms with Crippen molar-refractivity contribution in [1.29, 1.82) is 0 Å². The molecule has 2 aromatic heterocycles. The second-order valence-electron chi connectivity index (χ2n) is 6.37. The van der Waals surface area contributed by atoms with Gasteiger partial charge in [0.25, 0.3) is 0 Å². The molecule has 0 fully saturated rings. The molecule has 2 heterocycles. The van der Waals surface area contributed by atoms with Gasteiger partial charge in [-0.15, -0.1) is 0 Å². The van der Waals surface area contributed by atoms with Crippen molar-refractivity contribution >= 4 is 27.7 Å². The number of aromatic nitrogens is 2. The number of hydrogen-bond acceptors (Lipinski definition) is 2.